The van der Waals surface area contributed by atoms with Crippen LogP contribution in [0.3, 0.4) is 0 Å². The Morgan fingerprint density at radius 2 is 2.22 bits per heavy atom. The molecule has 0 aromatic carbocycles. The maximum absolute atomic E-state index is 12.6. The highest BCUT2D eigenvalue weighted by Gasteiger charge is 2.53. The minimum absolute atomic E-state index is 0.285. The summed E-state index contributed by atoms with van der Waals surface area (Å²) >= 11 is 1.34. The minimum atomic E-state index is -4.76. The molecule has 0 fully saturated rings. The summed E-state index contributed by atoms with van der Waals surface area (Å²) in [7, 11) is 0. The van der Waals surface area contributed by atoms with Gasteiger partial charge in [0.2, 0.25) is 0 Å². The second-order valence-electron chi connectivity index (χ2n) is 4.13. The second kappa shape index (κ2) is 4.06. The van der Waals surface area contributed by atoms with Crippen LogP contribution < -0.4 is 5.73 Å². The van der Waals surface area contributed by atoms with Crippen molar-refractivity contribution in [2.75, 3.05) is 0 Å². The number of carbonyl (C=O) groups excluding carboxylic acids is 1. The smallest absolute Gasteiger partial charge is 0.312 e. The first-order valence-electron chi connectivity index (χ1n) is 5.02. The molecule has 0 aliphatic carbocycles. The fourth-order valence-corrected chi connectivity index (χ4v) is 2.09. The van der Waals surface area contributed by atoms with Gasteiger partial charge in [-0.15, -0.1) is 11.3 Å². The zero-order chi connectivity index (χ0) is 13.6. The Balaban J connectivity index is 2.19. The number of alkyl halides is 3. The van der Waals surface area contributed by atoms with E-state index in [-0.39, 0.29) is 5.69 Å². The highest BCUT2D eigenvalue weighted by Crippen LogP contribution is 2.29. The average Bonchev–Trinajstić information content (AvgIpc) is 2.75. The van der Waals surface area contributed by atoms with Crippen molar-refractivity contribution in [2.45, 2.75) is 25.1 Å². The molecule has 4 nitrogen and oxygen atoms in total. The van der Waals surface area contributed by atoms with Crippen LogP contribution in [0.1, 0.15) is 12.6 Å². The summed E-state index contributed by atoms with van der Waals surface area (Å²) in [6, 6.07) is 0. The van der Waals surface area contributed by atoms with E-state index in [1.54, 1.807) is 16.0 Å². The van der Waals surface area contributed by atoms with Crippen LogP contribution >= 0.6 is 11.3 Å². The third-order valence-electron chi connectivity index (χ3n) is 2.65. The van der Waals surface area contributed by atoms with Crippen molar-refractivity contribution >= 4 is 22.1 Å². The van der Waals surface area contributed by atoms with Crippen LogP contribution in [0.15, 0.2) is 17.8 Å². The van der Waals surface area contributed by atoms with Crippen LogP contribution in [0.4, 0.5) is 13.2 Å². The zero-order valence-corrected chi connectivity index (χ0v) is 10.2. The maximum atomic E-state index is 12.6. The molecule has 1 unspecified atom stereocenters. The summed E-state index contributed by atoms with van der Waals surface area (Å²) in [6.07, 6.45) is -1.95. The zero-order valence-electron chi connectivity index (χ0n) is 9.36. The van der Waals surface area contributed by atoms with Crippen molar-refractivity contribution in [1.29, 1.82) is 0 Å². The van der Waals surface area contributed by atoms with Crippen molar-refractivity contribution < 1.29 is 18.0 Å². The summed E-state index contributed by atoms with van der Waals surface area (Å²) < 4.78 is 39.3. The van der Waals surface area contributed by atoms with Gasteiger partial charge in [0.1, 0.15) is 0 Å². The lowest BCUT2D eigenvalue weighted by atomic mass is 9.94. The molecular formula is C10H10F3N3OS. The minimum Gasteiger partial charge on any atom is -0.312 e. The number of carbonyl (C=O) groups is 1. The van der Waals surface area contributed by atoms with E-state index < -0.39 is 23.9 Å². The van der Waals surface area contributed by atoms with Crippen molar-refractivity contribution in [1.82, 2.24) is 9.38 Å². The van der Waals surface area contributed by atoms with Crippen LogP contribution in [-0.4, -0.2) is 26.9 Å². The van der Waals surface area contributed by atoms with Gasteiger partial charge >= 0.3 is 6.18 Å². The fraction of sp³-hybridized carbons (Fsp3) is 0.400. The fourth-order valence-electron chi connectivity index (χ4n) is 1.37. The van der Waals surface area contributed by atoms with E-state index in [4.69, 9.17) is 5.73 Å². The van der Waals surface area contributed by atoms with E-state index >= 15 is 0 Å². The number of hydrogen-bond donors (Lipinski definition) is 1. The highest BCUT2D eigenvalue weighted by molar-refractivity contribution is 7.15. The van der Waals surface area contributed by atoms with E-state index in [0.717, 1.165) is 0 Å². The Hall–Kier alpha value is -1.41. The van der Waals surface area contributed by atoms with Crippen molar-refractivity contribution in [2.24, 2.45) is 5.73 Å². The molecule has 0 radical (unpaired) electrons. The van der Waals surface area contributed by atoms with Crippen molar-refractivity contribution in [3.8, 4) is 0 Å². The van der Waals surface area contributed by atoms with Crippen LogP contribution in [0.25, 0.3) is 4.96 Å². The number of Topliss-reactive ketones (excluding diaryl/α,β-unsaturated/α-hetero) is 1. The predicted octanol–water partition coefficient (Wildman–Crippen LogP) is 1.79. The molecule has 0 aliphatic rings. The van der Waals surface area contributed by atoms with Crippen molar-refractivity contribution in [3.05, 3.63) is 23.5 Å². The first-order chi connectivity index (χ1) is 8.22. The van der Waals surface area contributed by atoms with E-state index in [0.29, 0.717) is 11.9 Å². The summed E-state index contributed by atoms with van der Waals surface area (Å²) in [5.74, 6) is -1.10. The van der Waals surface area contributed by atoms with Gasteiger partial charge in [-0.1, -0.05) is 0 Å². The Morgan fingerprint density at radius 3 is 2.78 bits per heavy atom. The molecule has 0 spiro atoms. The number of rotatable bonds is 3. The third-order valence-corrected chi connectivity index (χ3v) is 3.42. The van der Waals surface area contributed by atoms with Gasteiger partial charge in [-0.3, -0.25) is 9.20 Å². The van der Waals surface area contributed by atoms with E-state index in [1.807, 2.05) is 0 Å². The van der Waals surface area contributed by atoms with E-state index in [9.17, 15) is 18.0 Å². The van der Waals surface area contributed by atoms with E-state index in [1.165, 1.54) is 17.5 Å². The highest BCUT2D eigenvalue weighted by atomic mass is 32.1. The molecule has 2 aromatic rings. The van der Waals surface area contributed by atoms with Gasteiger partial charge in [-0.25, -0.2) is 4.98 Å². The van der Waals surface area contributed by atoms with Crippen LogP contribution in [-0.2, 0) is 11.2 Å². The molecule has 98 valence electrons. The molecule has 0 aliphatic heterocycles. The predicted molar refractivity (Wildman–Crippen MR) is 60.4 cm³/mol. The maximum Gasteiger partial charge on any atom is 0.413 e. The van der Waals surface area contributed by atoms with Gasteiger partial charge in [0.25, 0.3) is 0 Å². The van der Waals surface area contributed by atoms with Crippen LogP contribution in [0.5, 0.6) is 0 Å². The molecule has 18 heavy (non-hydrogen) atoms. The lowest BCUT2D eigenvalue weighted by Gasteiger charge is -2.25. The van der Waals surface area contributed by atoms with Gasteiger partial charge in [0.15, 0.2) is 16.3 Å². The molecule has 2 N–H and O–H groups in total. The van der Waals surface area contributed by atoms with Gasteiger partial charge in [0.05, 0.1) is 12.1 Å². The molecule has 0 amide bonds. The topological polar surface area (TPSA) is 60.4 Å². The van der Waals surface area contributed by atoms with Crippen molar-refractivity contribution in [3.63, 3.8) is 0 Å². The number of fused-ring (bicyclic) bond motifs is 1. The largest absolute Gasteiger partial charge is 0.413 e. The SMILES string of the molecule is CC(N)(C(=O)Cc1cn2ccsc2n1)C(F)(F)F. The normalized spacial score (nSPS) is 15.8. The molecule has 8 heteroatoms. The molecule has 0 saturated heterocycles. The number of nitrogens with two attached hydrogens (primary N) is 1. The molecule has 2 rings (SSSR count). The second-order valence-corrected chi connectivity index (χ2v) is 5.00. The quantitative estimate of drug-likeness (QED) is 0.930. The molecule has 1 atom stereocenters. The summed E-state index contributed by atoms with van der Waals surface area (Å²) in [4.78, 5) is 16.3. The number of imidazole rings is 1. The average molecular weight is 277 g/mol. The first-order valence-corrected chi connectivity index (χ1v) is 5.90. The molecule has 0 bridgehead atoms. The lowest BCUT2D eigenvalue weighted by Crippen LogP contribution is -2.57. The Labute approximate surface area is 104 Å². The number of hydrogen-bond acceptors (Lipinski definition) is 4. The summed E-state index contributed by atoms with van der Waals surface area (Å²) in [6.45, 7) is 0.674. The van der Waals surface area contributed by atoms with Gasteiger partial charge in [-0.05, 0) is 6.92 Å². The Bertz CT molecular complexity index is 556. The molecular weight excluding hydrogens is 267 g/mol. The molecule has 2 heterocycles. The van der Waals surface area contributed by atoms with Crippen LogP contribution in [0.2, 0.25) is 0 Å². The molecule has 0 saturated carbocycles. The van der Waals surface area contributed by atoms with Gasteiger partial charge in [0, 0.05) is 17.8 Å². The monoisotopic (exact) mass is 277 g/mol. The third kappa shape index (κ3) is 2.13. The van der Waals surface area contributed by atoms with E-state index in [2.05, 4.69) is 4.98 Å². The number of aromatic nitrogens is 2. The van der Waals surface area contributed by atoms with Crippen LogP contribution in [0, 0.1) is 0 Å². The van der Waals surface area contributed by atoms with Gasteiger partial charge < -0.3 is 5.73 Å². The standard InChI is InChI=1S/C10H10F3N3OS/c1-9(14,10(11,12)13)7(17)4-6-5-16-2-3-18-8(16)15-6/h2-3,5H,4,14H2,1H3. The lowest BCUT2D eigenvalue weighted by molar-refractivity contribution is -0.185. The first kappa shape index (κ1) is 13.0. The summed E-state index contributed by atoms with van der Waals surface area (Å²) in [5.41, 5.74) is 2.49. The van der Waals surface area contributed by atoms with Gasteiger partial charge in [-0.2, -0.15) is 13.2 Å². The number of halogens is 3. The number of ketones is 1. The molecule has 2 aromatic heterocycles. The number of nitrogens with zero attached hydrogens (tertiary/aromatic N) is 2. The Morgan fingerprint density at radius 1 is 1.56 bits per heavy atom. The number of thiazole rings is 1. The summed E-state index contributed by atoms with van der Waals surface area (Å²) in [5, 5.41) is 1.79. The Kier molecular flexibility index (Phi) is 2.94.